The van der Waals surface area contributed by atoms with Crippen LogP contribution in [0.4, 0.5) is 5.69 Å². The number of hydrogen-bond acceptors (Lipinski definition) is 9. The van der Waals surface area contributed by atoms with Gasteiger partial charge < -0.3 is 29.2 Å². The largest absolute Gasteiger partial charge is 0.508 e. The van der Waals surface area contributed by atoms with Gasteiger partial charge >= 0.3 is 11.9 Å². The highest BCUT2D eigenvalue weighted by Gasteiger charge is 2.57. The number of carbonyl (C=O) groups excluding carboxylic acids is 3. The van der Waals surface area contributed by atoms with Crippen LogP contribution in [-0.2, 0) is 28.7 Å². The number of fused-ring (bicyclic) bond motifs is 2. The van der Waals surface area contributed by atoms with Crippen LogP contribution >= 0.6 is 0 Å². The highest BCUT2D eigenvalue weighted by Crippen LogP contribution is 2.56. The molecule has 11 heteroatoms. The third kappa shape index (κ3) is 7.51. The molecule has 45 heavy (non-hydrogen) atoms. The van der Waals surface area contributed by atoms with Crippen molar-refractivity contribution in [3.63, 3.8) is 0 Å². The normalized spacial score (nSPS) is 23.4. The standard InChI is InChI=1S/C34H45N3O7Si/c1-5-17-42-34(41)32-30-26-20-24(38)11-12-25(26)27(31(32)33(40)43-18-19-45(2,3)4)21-28(30)35-44-22-29(39)37-15-13-36(14-16-37)23-9-7-6-8-10-23/h6-12,20,27,30-32,38H,5,13-19,21-22H2,1-4H3/b35-28-/t27?,30-,31-,32-/m1/s1. The quantitative estimate of drug-likeness (QED) is 0.213. The van der Waals surface area contributed by atoms with E-state index >= 15 is 0 Å². The first-order chi connectivity index (χ1) is 21.6. The Hall–Kier alpha value is -3.86. The van der Waals surface area contributed by atoms with E-state index in [1.165, 1.54) is 0 Å². The van der Waals surface area contributed by atoms with Crippen LogP contribution in [-0.4, -0.2) is 87.6 Å². The summed E-state index contributed by atoms with van der Waals surface area (Å²) < 4.78 is 11.4. The zero-order valence-corrected chi connectivity index (χ0v) is 27.7. The summed E-state index contributed by atoms with van der Waals surface area (Å²) in [6, 6.07) is 16.0. The van der Waals surface area contributed by atoms with Gasteiger partial charge in [-0.3, -0.25) is 14.4 Å². The number of nitrogens with zero attached hydrogens (tertiary/aromatic N) is 3. The second kappa shape index (κ2) is 14.1. The zero-order chi connectivity index (χ0) is 32.1. The minimum absolute atomic E-state index is 0.0568. The van der Waals surface area contributed by atoms with Gasteiger partial charge in [-0.05, 0) is 54.3 Å². The van der Waals surface area contributed by atoms with Crippen molar-refractivity contribution in [2.75, 3.05) is 50.9 Å². The van der Waals surface area contributed by atoms with Crippen molar-refractivity contribution in [1.82, 2.24) is 4.90 Å². The summed E-state index contributed by atoms with van der Waals surface area (Å²) in [4.78, 5) is 50.0. The maximum absolute atomic E-state index is 13.6. The fraction of sp³-hybridized carbons (Fsp3) is 0.529. The summed E-state index contributed by atoms with van der Waals surface area (Å²) in [6.45, 7) is 11.5. The second-order valence-corrected chi connectivity index (χ2v) is 19.0. The van der Waals surface area contributed by atoms with Crippen molar-refractivity contribution in [2.45, 2.75) is 57.3 Å². The number of esters is 2. The van der Waals surface area contributed by atoms with E-state index in [9.17, 15) is 19.5 Å². The van der Waals surface area contributed by atoms with E-state index in [1.54, 1.807) is 17.0 Å². The van der Waals surface area contributed by atoms with Crippen molar-refractivity contribution in [3.05, 3.63) is 59.7 Å². The number of rotatable bonds is 11. The Morgan fingerprint density at radius 2 is 1.60 bits per heavy atom. The lowest BCUT2D eigenvalue weighted by Gasteiger charge is -2.47. The van der Waals surface area contributed by atoms with Gasteiger partial charge in [0, 0.05) is 51.8 Å². The first kappa shape index (κ1) is 32.5. The van der Waals surface area contributed by atoms with Crippen molar-refractivity contribution in [1.29, 1.82) is 0 Å². The number of ether oxygens (including phenoxy) is 2. The number of anilines is 1. The van der Waals surface area contributed by atoms with Crippen molar-refractivity contribution in [2.24, 2.45) is 17.0 Å². The first-order valence-corrected chi connectivity index (χ1v) is 19.7. The lowest BCUT2D eigenvalue weighted by molar-refractivity contribution is -0.163. The molecule has 2 aromatic rings. The summed E-state index contributed by atoms with van der Waals surface area (Å²) in [5.41, 5.74) is 3.30. The molecule has 1 N–H and O–H groups in total. The van der Waals surface area contributed by atoms with Crippen molar-refractivity contribution >= 4 is 37.3 Å². The molecule has 1 amide bonds. The molecule has 0 spiro atoms. The summed E-state index contributed by atoms with van der Waals surface area (Å²) in [5, 5.41) is 14.8. The van der Waals surface area contributed by atoms with Crippen molar-refractivity contribution in [3.8, 4) is 5.75 Å². The molecule has 1 saturated carbocycles. The molecular formula is C34H45N3O7Si. The number of aromatic hydroxyl groups is 1. The molecule has 2 aromatic carbocycles. The Bertz CT molecular complexity index is 1400. The van der Waals surface area contributed by atoms with Gasteiger partial charge in [-0.2, -0.15) is 0 Å². The Balaban J connectivity index is 1.32. The predicted molar refractivity (Wildman–Crippen MR) is 174 cm³/mol. The maximum atomic E-state index is 13.6. The molecule has 1 unspecified atom stereocenters. The molecule has 10 nitrogen and oxygen atoms in total. The molecule has 1 saturated heterocycles. The molecule has 3 aliphatic carbocycles. The van der Waals surface area contributed by atoms with Crippen LogP contribution in [0.2, 0.25) is 25.7 Å². The van der Waals surface area contributed by atoms with E-state index in [0.717, 1.165) is 35.9 Å². The van der Waals surface area contributed by atoms with Gasteiger partial charge in [0.2, 0.25) is 0 Å². The van der Waals surface area contributed by atoms with Crippen LogP contribution in [0.15, 0.2) is 53.7 Å². The van der Waals surface area contributed by atoms with Gasteiger partial charge in [0.15, 0.2) is 6.61 Å². The van der Waals surface area contributed by atoms with Gasteiger partial charge in [0.25, 0.3) is 5.91 Å². The highest BCUT2D eigenvalue weighted by molar-refractivity contribution is 6.76. The number of amides is 1. The topological polar surface area (TPSA) is 118 Å². The molecule has 4 atom stereocenters. The summed E-state index contributed by atoms with van der Waals surface area (Å²) in [5.74, 6) is -3.70. The van der Waals surface area contributed by atoms with E-state index in [2.05, 4.69) is 41.8 Å². The van der Waals surface area contributed by atoms with Crippen LogP contribution in [0.3, 0.4) is 0 Å². The summed E-state index contributed by atoms with van der Waals surface area (Å²) in [6.07, 6.45) is 1.01. The first-order valence-electron chi connectivity index (χ1n) is 16.0. The molecule has 2 bridgehead atoms. The number of phenolic OH excluding ortho intramolecular Hbond substituents is 1. The summed E-state index contributed by atoms with van der Waals surface area (Å²) >= 11 is 0. The Labute approximate surface area is 266 Å². The number of benzene rings is 2. The lowest BCUT2D eigenvalue weighted by atomic mass is 9.55. The van der Waals surface area contributed by atoms with Crippen LogP contribution in [0.25, 0.3) is 0 Å². The molecule has 6 rings (SSSR count). The van der Waals surface area contributed by atoms with Gasteiger partial charge in [0.1, 0.15) is 5.75 Å². The van der Waals surface area contributed by atoms with Gasteiger partial charge in [0.05, 0.1) is 30.8 Å². The second-order valence-electron chi connectivity index (χ2n) is 13.4. The molecule has 1 heterocycles. The Morgan fingerprint density at radius 1 is 0.911 bits per heavy atom. The Morgan fingerprint density at radius 3 is 2.29 bits per heavy atom. The third-order valence-electron chi connectivity index (χ3n) is 8.99. The van der Waals surface area contributed by atoms with E-state index in [1.807, 2.05) is 31.2 Å². The third-order valence-corrected chi connectivity index (χ3v) is 10.7. The van der Waals surface area contributed by atoms with Gasteiger partial charge in [-0.1, -0.05) is 56.0 Å². The van der Waals surface area contributed by atoms with E-state index < -0.39 is 43.7 Å². The van der Waals surface area contributed by atoms with Gasteiger partial charge in [-0.15, -0.1) is 0 Å². The monoisotopic (exact) mass is 635 g/mol. The van der Waals surface area contributed by atoms with Crippen molar-refractivity contribution < 1.29 is 33.8 Å². The lowest BCUT2D eigenvalue weighted by Crippen LogP contribution is -2.51. The smallest absolute Gasteiger partial charge is 0.310 e. The molecule has 0 radical (unpaired) electrons. The molecule has 242 valence electrons. The number of carbonyl (C=O) groups is 3. The minimum Gasteiger partial charge on any atom is -0.508 e. The SMILES string of the molecule is CCCOC(=O)[C@H]1[C@H](C(=O)OCC[Si](C)(C)C)C2C/C(=N/OCC(=O)N3CCN(c4ccccc4)CC3)[C@H]1c1cc(O)ccc12. The molecular weight excluding hydrogens is 590 g/mol. The Kier molecular flexibility index (Phi) is 10.2. The van der Waals surface area contributed by atoms with Crippen LogP contribution in [0.5, 0.6) is 5.75 Å². The molecule has 1 aliphatic heterocycles. The number of hydrogen-bond donors (Lipinski definition) is 1. The van der Waals surface area contributed by atoms with Crippen LogP contribution < -0.4 is 4.90 Å². The average molecular weight is 636 g/mol. The zero-order valence-electron chi connectivity index (χ0n) is 26.7. The minimum atomic E-state index is -1.44. The molecule has 4 aliphatic rings. The van der Waals surface area contributed by atoms with E-state index in [-0.39, 0.29) is 24.9 Å². The highest BCUT2D eigenvalue weighted by atomic mass is 28.3. The number of para-hydroxylation sites is 1. The molecule has 0 aromatic heterocycles. The van der Waals surface area contributed by atoms with Gasteiger partial charge in [-0.25, -0.2) is 0 Å². The number of oxime groups is 1. The fourth-order valence-electron chi connectivity index (χ4n) is 6.64. The van der Waals surface area contributed by atoms with E-state index in [0.29, 0.717) is 38.2 Å². The predicted octanol–water partition coefficient (Wildman–Crippen LogP) is 4.77. The average Bonchev–Trinajstić information content (AvgIpc) is 3.03. The number of phenols is 1. The summed E-state index contributed by atoms with van der Waals surface area (Å²) in [7, 11) is -1.44. The van der Waals surface area contributed by atoms with Crippen LogP contribution in [0, 0.1) is 11.8 Å². The van der Waals surface area contributed by atoms with E-state index in [4.69, 9.17) is 14.3 Å². The fourth-order valence-corrected chi connectivity index (χ4v) is 7.36. The molecule has 2 fully saturated rings. The maximum Gasteiger partial charge on any atom is 0.310 e. The van der Waals surface area contributed by atoms with Crippen LogP contribution in [0.1, 0.15) is 42.7 Å². The number of piperazine rings is 1.